The molecule has 0 saturated heterocycles. The average molecular weight is 493 g/mol. The molecule has 0 spiro atoms. The van der Waals surface area contributed by atoms with Crippen LogP contribution in [0.4, 0.5) is 5.00 Å². The van der Waals surface area contributed by atoms with Crippen LogP contribution in [-0.4, -0.2) is 41.5 Å². The van der Waals surface area contributed by atoms with Gasteiger partial charge in [0.1, 0.15) is 22.7 Å². The number of oxazole rings is 1. The van der Waals surface area contributed by atoms with Gasteiger partial charge in [-0.25, -0.2) is 4.98 Å². The summed E-state index contributed by atoms with van der Waals surface area (Å²) >= 11 is 1.44. The molecule has 4 rings (SSSR count). The van der Waals surface area contributed by atoms with Crippen LogP contribution in [0.1, 0.15) is 35.3 Å². The van der Waals surface area contributed by atoms with Gasteiger partial charge >= 0.3 is 0 Å². The summed E-state index contributed by atoms with van der Waals surface area (Å²) in [4.78, 5) is 34.1. The molecule has 35 heavy (non-hydrogen) atoms. The van der Waals surface area contributed by atoms with Gasteiger partial charge in [0.25, 0.3) is 5.91 Å². The Labute approximate surface area is 208 Å². The van der Waals surface area contributed by atoms with Gasteiger partial charge in [-0.05, 0) is 49.6 Å². The summed E-state index contributed by atoms with van der Waals surface area (Å²) in [7, 11) is 1.65. The van der Waals surface area contributed by atoms with E-state index < -0.39 is 5.54 Å². The highest BCUT2D eigenvalue weighted by atomic mass is 32.1. The highest BCUT2D eigenvalue weighted by molar-refractivity contribution is 7.20. The molecule has 0 radical (unpaired) electrons. The Hall–Kier alpha value is -3.72. The Bertz CT molecular complexity index is 1290. The van der Waals surface area contributed by atoms with Gasteiger partial charge in [-0.1, -0.05) is 31.4 Å². The first-order valence-electron chi connectivity index (χ1n) is 11.2. The molecule has 0 N–H and O–H groups in total. The van der Waals surface area contributed by atoms with Crippen LogP contribution in [0.2, 0.25) is 0 Å². The van der Waals surface area contributed by atoms with Crippen molar-refractivity contribution in [2.24, 2.45) is 5.18 Å². The summed E-state index contributed by atoms with van der Waals surface area (Å²) in [5, 5.41) is 3.81. The number of hydrogen-bond donors (Lipinski definition) is 0. The third kappa shape index (κ3) is 4.27. The molecule has 0 fully saturated rings. The molecule has 1 aliphatic heterocycles. The van der Waals surface area contributed by atoms with Gasteiger partial charge in [-0.3, -0.25) is 4.79 Å². The van der Waals surface area contributed by atoms with E-state index >= 15 is 0 Å². The van der Waals surface area contributed by atoms with E-state index in [0.717, 1.165) is 32.5 Å². The number of methoxy groups -OCH3 is 1. The average Bonchev–Trinajstić information content (AvgIpc) is 3.47. The summed E-state index contributed by atoms with van der Waals surface area (Å²) in [6.45, 7) is 14.3. The zero-order chi connectivity index (χ0) is 25.3. The maximum Gasteiger partial charge on any atom is 0.258 e. The lowest BCUT2D eigenvalue weighted by Crippen LogP contribution is -2.49. The fraction of sp³-hybridized carbons (Fsp3) is 0.308. The van der Waals surface area contributed by atoms with E-state index in [1.165, 1.54) is 17.6 Å². The molecule has 0 bridgehead atoms. The SMILES string of the molecule is C=C1CN(C(C)(C)C(=C)N=O)C(=O)c2c(sc(-c3ncco3)c2C)N1CCc1ccccc1OC. The Morgan fingerprint density at radius 3 is 2.74 bits per heavy atom. The van der Waals surface area contributed by atoms with E-state index in [4.69, 9.17) is 9.15 Å². The van der Waals surface area contributed by atoms with Gasteiger partial charge in [0.15, 0.2) is 0 Å². The van der Waals surface area contributed by atoms with Crippen LogP contribution in [0.3, 0.4) is 0 Å². The number of anilines is 1. The Morgan fingerprint density at radius 1 is 1.34 bits per heavy atom. The number of para-hydroxylation sites is 1. The summed E-state index contributed by atoms with van der Waals surface area (Å²) in [6, 6.07) is 7.86. The van der Waals surface area contributed by atoms with Crippen molar-refractivity contribution >= 4 is 22.2 Å². The molecule has 3 aromatic rings. The second-order valence-corrected chi connectivity index (χ2v) is 9.84. The lowest BCUT2D eigenvalue weighted by Gasteiger charge is -2.37. The maximum atomic E-state index is 14.0. The van der Waals surface area contributed by atoms with Crippen molar-refractivity contribution in [2.75, 3.05) is 25.1 Å². The smallest absolute Gasteiger partial charge is 0.258 e. The van der Waals surface area contributed by atoms with E-state index in [1.807, 2.05) is 31.2 Å². The number of carbonyl (C=O) groups excluding carboxylic acids is 1. The van der Waals surface area contributed by atoms with Crippen LogP contribution in [0.5, 0.6) is 5.75 Å². The van der Waals surface area contributed by atoms with Crippen LogP contribution < -0.4 is 9.64 Å². The normalized spacial score (nSPS) is 14.1. The number of fused-ring (bicyclic) bond motifs is 1. The second-order valence-electron chi connectivity index (χ2n) is 8.84. The van der Waals surface area contributed by atoms with E-state index in [9.17, 15) is 9.70 Å². The molecule has 0 atom stereocenters. The van der Waals surface area contributed by atoms with Gasteiger partial charge in [0, 0.05) is 12.2 Å². The highest BCUT2D eigenvalue weighted by Gasteiger charge is 2.41. The lowest BCUT2D eigenvalue weighted by molar-refractivity contribution is 0.0637. The first-order chi connectivity index (χ1) is 16.7. The van der Waals surface area contributed by atoms with Crippen molar-refractivity contribution in [1.29, 1.82) is 0 Å². The molecule has 0 saturated carbocycles. The van der Waals surface area contributed by atoms with Crippen molar-refractivity contribution in [3.63, 3.8) is 0 Å². The van der Waals surface area contributed by atoms with E-state index in [0.29, 0.717) is 24.4 Å². The first kappa shape index (κ1) is 24.4. The highest BCUT2D eigenvalue weighted by Crippen LogP contribution is 2.46. The third-order valence-corrected chi connectivity index (χ3v) is 7.77. The number of thiophene rings is 1. The number of hydrogen-bond acceptors (Lipinski definition) is 8. The molecular formula is C26H28N4O4S. The Balaban J connectivity index is 1.82. The molecule has 1 aromatic carbocycles. The lowest BCUT2D eigenvalue weighted by atomic mass is 9.97. The minimum absolute atomic E-state index is 0.0727. The summed E-state index contributed by atoms with van der Waals surface area (Å²) in [5.41, 5.74) is 2.14. The topological polar surface area (TPSA) is 88.2 Å². The van der Waals surface area contributed by atoms with Crippen molar-refractivity contribution in [1.82, 2.24) is 9.88 Å². The van der Waals surface area contributed by atoms with Crippen LogP contribution in [0.25, 0.3) is 10.8 Å². The van der Waals surface area contributed by atoms with Crippen LogP contribution in [0.15, 0.2) is 70.9 Å². The van der Waals surface area contributed by atoms with Gasteiger partial charge in [-0.15, -0.1) is 16.2 Å². The molecule has 1 aliphatic rings. The molecule has 3 heterocycles. The zero-order valence-corrected chi connectivity index (χ0v) is 21.1. The first-order valence-corrected chi connectivity index (χ1v) is 12.0. The van der Waals surface area contributed by atoms with Gasteiger partial charge in [0.2, 0.25) is 5.89 Å². The Morgan fingerprint density at radius 2 is 2.09 bits per heavy atom. The van der Waals surface area contributed by atoms with Gasteiger partial charge < -0.3 is 19.0 Å². The summed E-state index contributed by atoms with van der Waals surface area (Å²) in [5.74, 6) is 1.04. The van der Waals surface area contributed by atoms with E-state index in [1.54, 1.807) is 32.1 Å². The fourth-order valence-electron chi connectivity index (χ4n) is 4.22. The van der Waals surface area contributed by atoms with Crippen molar-refractivity contribution < 1.29 is 13.9 Å². The van der Waals surface area contributed by atoms with Gasteiger partial charge in [-0.2, -0.15) is 0 Å². The monoisotopic (exact) mass is 492 g/mol. The van der Waals surface area contributed by atoms with Gasteiger partial charge in [0.05, 0.1) is 35.8 Å². The number of amides is 1. The molecule has 0 unspecified atom stereocenters. The molecular weight excluding hydrogens is 464 g/mol. The van der Waals surface area contributed by atoms with Crippen LogP contribution in [0, 0.1) is 11.8 Å². The number of benzene rings is 1. The number of nitrogens with zero attached hydrogens (tertiary/aromatic N) is 4. The summed E-state index contributed by atoms with van der Waals surface area (Å²) in [6.07, 6.45) is 3.76. The quantitative estimate of drug-likeness (QED) is 0.370. The number of nitroso groups, excluding NO2 is 1. The zero-order valence-electron chi connectivity index (χ0n) is 20.3. The van der Waals surface area contributed by atoms with Crippen LogP contribution >= 0.6 is 11.3 Å². The molecule has 182 valence electrons. The van der Waals surface area contributed by atoms with Crippen molar-refractivity contribution in [3.8, 4) is 16.5 Å². The summed E-state index contributed by atoms with van der Waals surface area (Å²) < 4.78 is 11.1. The van der Waals surface area contributed by atoms with Crippen molar-refractivity contribution in [3.05, 3.63) is 82.9 Å². The fourth-order valence-corrected chi connectivity index (χ4v) is 5.53. The Kier molecular flexibility index (Phi) is 6.62. The number of rotatable bonds is 8. The number of carbonyl (C=O) groups is 1. The largest absolute Gasteiger partial charge is 0.496 e. The maximum absolute atomic E-state index is 14.0. The third-order valence-electron chi connectivity index (χ3n) is 6.47. The molecule has 2 aromatic heterocycles. The minimum atomic E-state index is -1.00. The van der Waals surface area contributed by atoms with E-state index in [-0.39, 0.29) is 18.1 Å². The molecule has 0 aliphatic carbocycles. The van der Waals surface area contributed by atoms with E-state index in [2.05, 4.69) is 28.2 Å². The number of ether oxygens (including phenoxy) is 1. The van der Waals surface area contributed by atoms with Crippen molar-refractivity contribution in [2.45, 2.75) is 32.7 Å². The predicted molar refractivity (Wildman–Crippen MR) is 138 cm³/mol. The minimum Gasteiger partial charge on any atom is -0.496 e. The molecule has 9 heteroatoms. The second kappa shape index (κ2) is 9.50. The molecule has 1 amide bonds. The molecule has 8 nitrogen and oxygen atoms in total. The van der Waals surface area contributed by atoms with Crippen LogP contribution in [-0.2, 0) is 6.42 Å². The standard InChI is InChI=1S/C26H28N4O4S/c1-16-15-30(26(4,5)18(3)28-32)24(31)21-17(2)22(23-27-12-14-34-23)35-25(21)29(16)13-11-19-9-7-8-10-20(19)33-6/h7-10,12,14H,1,3,11,13,15H2,2,4-6H3. The predicted octanol–water partition coefficient (Wildman–Crippen LogP) is 5.80. The number of aromatic nitrogens is 1.